The predicted molar refractivity (Wildman–Crippen MR) is 77.3 cm³/mol. The van der Waals surface area contributed by atoms with Gasteiger partial charge >= 0.3 is 0 Å². The second kappa shape index (κ2) is 4.79. The minimum absolute atomic E-state index is 0.220. The first-order chi connectivity index (χ1) is 8.37. The Morgan fingerprint density at radius 1 is 1.28 bits per heavy atom. The van der Waals surface area contributed by atoms with E-state index in [9.17, 15) is 0 Å². The largest absolute Gasteiger partial charge is 0.368 e. The Balaban J connectivity index is 2.27. The van der Waals surface area contributed by atoms with Crippen LogP contribution in [0.1, 0.15) is 13.8 Å². The van der Waals surface area contributed by atoms with Crippen molar-refractivity contribution in [2.75, 3.05) is 48.5 Å². The molecule has 1 aromatic rings. The normalized spacial score (nSPS) is 18.8. The van der Waals surface area contributed by atoms with Gasteiger partial charge in [-0.3, -0.25) is 0 Å². The van der Waals surface area contributed by atoms with Gasteiger partial charge in [0.2, 0.25) is 17.8 Å². The molecule has 100 valence electrons. The van der Waals surface area contributed by atoms with Crippen LogP contribution in [0.15, 0.2) is 0 Å². The summed E-state index contributed by atoms with van der Waals surface area (Å²) >= 11 is 1.98. The maximum atomic E-state index is 5.75. The van der Waals surface area contributed by atoms with Crippen LogP contribution in [0.3, 0.4) is 0 Å². The third-order valence-electron chi connectivity index (χ3n) is 2.74. The highest BCUT2D eigenvalue weighted by molar-refractivity contribution is 8.00. The van der Waals surface area contributed by atoms with Gasteiger partial charge in [0.1, 0.15) is 0 Å². The molecule has 1 aliphatic rings. The Labute approximate surface area is 112 Å². The van der Waals surface area contributed by atoms with Crippen LogP contribution < -0.4 is 15.5 Å². The zero-order valence-electron chi connectivity index (χ0n) is 11.3. The molecular formula is C11H20N6S. The summed E-state index contributed by atoms with van der Waals surface area (Å²) in [5.41, 5.74) is 5.75. The van der Waals surface area contributed by atoms with E-state index in [2.05, 4.69) is 33.7 Å². The van der Waals surface area contributed by atoms with E-state index in [0.717, 1.165) is 18.8 Å². The minimum Gasteiger partial charge on any atom is -0.368 e. The average Bonchev–Trinajstić information content (AvgIpc) is 2.26. The summed E-state index contributed by atoms with van der Waals surface area (Å²) in [6.07, 6.45) is 0. The number of rotatable bonds is 2. The van der Waals surface area contributed by atoms with Gasteiger partial charge in [-0.2, -0.15) is 26.7 Å². The van der Waals surface area contributed by atoms with Crippen LogP contribution in [0.5, 0.6) is 0 Å². The molecule has 2 heterocycles. The summed E-state index contributed by atoms with van der Waals surface area (Å²) in [6, 6.07) is 0. The van der Waals surface area contributed by atoms with Crippen LogP contribution in [-0.2, 0) is 0 Å². The smallest absolute Gasteiger partial charge is 0.232 e. The summed E-state index contributed by atoms with van der Waals surface area (Å²) in [4.78, 5) is 16.8. The summed E-state index contributed by atoms with van der Waals surface area (Å²) in [7, 11) is 3.79. The predicted octanol–water partition coefficient (Wildman–Crippen LogP) is 0.852. The number of nitrogen functional groups attached to an aromatic ring is 1. The lowest BCUT2D eigenvalue weighted by Crippen LogP contribution is -2.44. The van der Waals surface area contributed by atoms with E-state index in [0.29, 0.717) is 11.9 Å². The summed E-state index contributed by atoms with van der Waals surface area (Å²) in [5.74, 6) is 2.64. The van der Waals surface area contributed by atoms with E-state index in [1.54, 1.807) is 0 Å². The molecule has 0 radical (unpaired) electrons. The van der Waals surface area contributed by atoms with E-state index < -0.39 is 0 Å². The lowest BCUT2D eigenvalue weighted by molar-refractivity contribution is 0.634. The fraction of sp³-hybridized carbons (Fsp3) is 0.727. The van der Waals surface area contributed by atoms with Crippen molar-refractivity contribution in [3.63, 3.8) is 0 Å². The molecule has 6 nitrogen and oxygen atoms in total. The van der Waals surface area contributed by atoms with E-state index in [1.807, 2.05) is 30.8 Å². The Morgan fingerprint density at radius 2 is 2.00 bits per heavy atom. The second-order valence-electron chi connectivity index (χ2n) is 5.22. The third-order valence-corrected chi connectivity index (χ3v) is 4.03. The molecule has 1 aromatic heterocycles. The van der Waals surface area contributed by atoms with Gasteiger partial charge in [-0.1, -0.05) is 0 Å². The highest BCUT2D eigenvalue weighted by Crippen LogP contribution is 2.31. The fourth-order valence-electron chi connectivity index (χ4n) is 1.90. The standard InChI is InChI=1S/C11H20N6S/c1-11(2)7-17(5-6-18-11)10-14-8(12)13-9(15-10)16(3)4/h5-7H2,1-4H3,(H2,12,13,14,15). The van der Waals surface area contributed by atoms with E-state index in [4.69, 9.17) is 5.73 Å². The highest BCUT2D eigenvalue weighted by Gasteiger charge is 2.28. The molecule has 2 N–H and O–H groups in total. The van der Waals surface area contributed by atoms with Crippen molar-refractivity contribution in [1.29, 1.82) is 0 Å². The minimum atomic E-state index is 0.220. The van der Waals surface area contributed by atoms with Gasteiger partial charge in [0.15, 0.2) is 0 Å². The molecule has 0 amide bonds. The van der Waals surface area contributed by atoms with Gasteiger partial charge in [0.05, 0.1) is 0 Å². The number of hydrogen-bond donors (Lipinski definition) is 1. The zero-order valence-corrected chi connectivity index (χ0v) is 12.2. The molecule has 0 atom stereocenters. The van der Waals surface area contributed by atoms with Gasteiger partial charge in [0, 0.05) is 37.7 Å². The quantitative estimate of drug-likeness (QED) is 0.852. The molecule has 0 aromatic carbocycles. The topological polar surface area (TPSA) is 71.2 Å². The van der Waals surface area contributed by atoms with Crippen LogP contribution in [0.2, 0.25) is 0 Å². The summed E-state index contributed by atoms with van der Waals surface area (Å²) in [5, 5.41) is 0. The molecule has 0 aliphatic carbocycles. The SMILES string of the molecule is CN(C)c1nc(N)nc(N2CCSC(C)(C)C2)n1. The maximum Gasteiger partial charge on any atom is 0.232 e. The average molecular weight is 268 g/mol. The van der Waals surface area contributed by atoms with Gasteiger partial charge < -0.3 is 15.5 Å². The third kappa shape index (κ3) is 2.95. The Kier molecular flexibility index (Phi) is 3.52. The van der Waals surface area contributed by atoms with Gasteiger partial charge in [-0.15, -0.1) is 0 Å². The molecule has 7 heteroatoms. The summed E-state index contributed by atoms with van der Waals surface area (Å²) < 4.78 is 0.220. The fourth-order valence-corrected chi connectivity index (χ4v) is 3.01. The Hall–Kier alpha value is -1.24. The monoisotopic (exact) mass is 268 g/mol. The Morgan fingerprint density at radius 3 is 2.61 bits per heavy atom. The van der Waals surface area contributed by atoms with Crippen LogP contribution in [0.25, 0.3) is 0 Å². The van der Waals surface area contributed by atoms with E-state index in [1.165, 1.54) is 0 Å². The van der Waals surface area contributed by atoms with Crippen LogP contribution >= 0.6 is 11.8 Å². The van der Waals surface area contributed by atoms with Gasteiger partial charge in [-0.05, 0) is 13.8 Å². The van der Waals surface area contributed by atoms with Gasteiger partial charge in [-0.25, -0.2) is 0 Å². The number of aromatic nitrogens is 3. The van der Waals surface area contributed by atoms with Crippen molar-refractivity contribution >= 4 is 29.6 Å². The molecular weight excluding hydrogens is 248 g/mol. The van der Waals surface area contributed by atoms with Crippen LogP contribution in [-0.4, -0.2) is 52.6 Å². The molecule has 0 saturated carbocycles. The van der Waals surface area contributed by atoms with Crippen LogP contribution in [0, 0.1) is 0 Å². The maximum absolute atomic E-state index is 5.75. The number of nitrogens with two attached hydrogens (primary N) is 1. The molecule has 1 fully saturated rings. The zero-order chi connectivity index (χ0) is 13.3. The van der Waals surface area contributed by atoms with Crippen molar-refractivity contribution in [1.82, 2.24) is 15.0 Å². The first-order valence-corrected chi connectivity index (χ1v) is 6.94. The number of anilines is 3. The van der Waals surface area contributed by atoms with Crippen molar-refractivity contribution in [3.05, 3.63) is 0 Å². The van der Waals surface area contributed by atoms with E-state index >= 15 is 0 Å². The molecule has 0 spiro atoms. The summed E-state index contributed by atoms with van der Waals surface area (Å²) in [6.45, 7) is 6.35. The number of nitrogens with zero attached hydrogens (tertiary/aromatic N) is 5. The highest BCUT2D eigenvalue weighted by atomic mass is 32.2. The molecule has 0 unspecified atom stereocenters. The lowest BCUT2D eigenvalue weighted by atomic mass is 10.2. The first-order valence-electron chi connectivity index (χ1n) is 5.95. The van der Waals surface area contributed by atoms with Gasteiger partial charge in [0.25, 0.3) is 0 Å². The number of hydrogen-bond acceptors (Lipinski definition) is 7. The molecule has 1 saturated heterocycles. The van der Waals surface area contributed by atoms with Crippen LogP contribution in [0.4, 0.5) is 17.8 Å². The van der Waals surface area contributed by atoms with E-state index in [-0.39, 0.29) is 10.7 Å². The molecule has 18 heavy (non-hydrogen) atoms. The molecule has 1 aliphatic heterocycles. The lowest BCUT2D eigenvalue weighted by Gasteiger charge is -2.37. The first kappa shape index (κ1) is 13.2. The second-order valence-corrected chi connectivity index (χ2v) is 7.02. The van der Waals surface area contributed by atoms with Crippen molar-refractivity contribution < 1.29 is 0 Å². The molecule has 2 rings (SSSR count). The Bertz CT molecular complexity index is 434. The van der Waals surface area contributed by atoms with Crippen molar-refractivity contribution in [2.45, 2.75) is 18.6 Å². The molecule has 0 bridgehead atoms. The van der Waals surface area contributed by atoms with Crippen molar-refractivity contribution in [2.24, 2.45) is 0 Å². The number of thioether (sulfide) groups is 1. The van der Waals surface area contributed by atoms with Crippen molar-refractivity contribution in [3.8, 4) is 0 Å².